The van der Waals surface area contributed by atoms with Crippen LogP contribution in [0.4, 0.5) is 0 Å². The average Bonchev–Trinajstić information content (AvgIpc) is 2.90. The second-order valence-electron chi connectivity index (χ2n) is 10.5. The van der Waals surface area contributed by atoms with Gasteiger partial charge in [0.05, 0.1) is 0 Å². The van der Waals surface area contributed by atoms with Crippen molar-refractivity contribution in [2.75, 3.05) is 0 Å². The Bertz CT molecular complexity index is 688. The number of rotatable bonds is 0. The topological polar surface area (TPSA) is 0 Å². The van der Waals surface area contributed by atoms with Crippen molar-refractivity contribution in [2.45, 2.75) is 81.3 Å². The smallest absolute Gasteiger partial charge is 1.00 e. The molecule has 0 aromatic rings. The number of halogens is 2. The standard InChI is InChI=1S/C22H34Si.2ClH.Ti/c1-15-11-13-17(21(3,4)5)19(15)23(9,10)20-16(2)12-14-18(20)22(6,7)8;;;/h13-14H2,1-10H3;2*1H;/q;;;+2/p-2. The van der Waals surface area contributed by atoms with Gasteiger partial charge in [-0.05, 0) is 0 Å². The summed E-state index contributed by atoms with van der Waals surface area (Å²) in [7, 11) is -1.66. The summed E-state index contributed by atoms with van der Waals surface area (Å²) in [5, 5.41) is 3.65. The Morgan fingerprint density at radius 1 is 0.692 bits per heavy atom. The minimum Gasteiger partial charge on any atom is -1.00 e. The molecule has 0 unspecified atom stereocenters. The van der Waals surface area contributed by atoms with Gasteiger partial charge in [-0.15, -0.1) is 0 Å². The summed E-state index contributed by atoms with van der Waals surface area (Å²) in [6.07, 6.45) is 2.58. The molecular weight excluding hydrogens is 411 g/mol. The summed E-state index contributed by atoms with van der Waals surface area (Å²) in [5.41, 5.74) is 7.59. The van der Waals surface area contributed by atoms with Crippen LogP contribution in [0, 0.1) is 10.8 Å². The van der Waals surface area contributed by atoms with E-state index in [1.165, 1.54) is 12.8 Å². The fourth-order valence-electron chi connectivity index (χ4n) is 5.11. The molecule has 3 rings (SSSR count). The van der Waals surface area contributed by atoms with Gasteiger partial charge in [0.25, 0.3) is 0 Å². The van der Waals surface area contributed by atoms with E-state index in [-0.39, 0.29) is 44.0 Å². The molecule has 26 heavy (non-hydrogen) atoms. The quantitative estimate of drug-likeness (QED) is 0.487. The van der Waals surface area contributed by atoms with Gasteiger partial charge >= 0.3 is 160 Å². The Balaban J connectivity index is 0.00000169. The number of hydrogen-bond donors (Lipinski definition) is 0. The molecule has 1 heterocycles. The number of hydrogen-bond acceptors (Lipinski definition) is 0. The van der Waals surface area contributed by atoms with Crippen molar-refractivity contribution >= 4 is 8.07 Å². The van der Waals surface area contributed by atoms with Crippen molar-refractivity contribution < 1.29 is 44.0 Å². The molecule has 0 atom stereocenters. The summed E-state index contributed by atoms with van der Waals surface area (Å²) >= 11 is -0.114. The average molecular weight is 445 g/mol. The van der Waals surface area contributed by atoms with Crippen LogP contribution in [-0.4, -0.2) is 8.07 Å². The van der Waals surface area contributed by atoms with Gasteiger partial charge in [0.1, 0.15) is 0 Å². The van der Waals surface area contributed by atoms with Crippen molar-refractivity contribution in [1.82, 2.24) is 0 Å². The maximum atomic E-state index is 2.64. The van der Waals surface area contributed by atoms with Gasteiger partial charge in [0.15, 0.2) is 0 Å². The van der Waals surface area contributed by atoms with Crippen LogP contribution >= 0.6 is 0 Å². The van der Waals surface area contributed by atoms with Gasteiger partial charge in [-0.3, -0.25) is 0 Å². The van der Waals surface area contributed by atoms with Gasteiger partial charge in [-0.25, -0.2) is 0 Å². The van der Waals surface area contributed by atoms with Crippen molar-refractivity contribution in [3.63, 3.8) is 0 Å². The van der Waals surface area contributed by atoms with E-state index in [1.807, 2.05) is 18.1 Å². The molecule has 0 fully saturated rings. The van der Waals surface area contributed by atoms with Crippen molar-refractivity contribution in [1.29, 1.82) is 0 Å². The first kappa shape index (κ1) is 24.5. The second kappa shape index (κ2) is 7.38. The molecule has 0 nitrogen and oxygen atoms in total. The predicted molar refractivity (Wildman–Crippen MR) is 105 cm³/mol. The van der Waals surface area contributed by atoms with Crippen LogP contribution in [0.1, 0.15) is 68.2 Å². The van der Waals surface area contributed by atoms with Crippen LogP contribution < -0.4 is 24.8 Å². The number of allylic oxidation sites excluding steroid dienone is 8. The van der Waals surface area contributed by atoms with Gasteiger partial charge in [0, 0.05) is 0 Å². The molecule has 0 N–H and O–H groups in total. The molecule has 0 saturated heterocycles. The Labute approximate surface area is 183 Å². The third-order valence-electron chi connectivity index (χ3n) is 6.33. The van der Waals surface area contributed by atoms with E-state index < -0.39 is 8.07 Å². The Hall–Kier alpha value is 0.471. The van der Waals surface area contributed by atoms with Crippen LogP contribution in [0.25, 0.3) is 0 Å². The van der Waals surface area contributed by atoms with Gasteiger partial charge in [-0.2, -0.15) is 0 Å². The van der Waals surface area contributed by atoms with E-state index in [0.717, 1.165) is 0 Å². The van der Waals surface area contributed by atoms with Crippen molar-refractivity contribution in [2.24, 2.45) is 10.8 Å². The molecule has 0 aromatic carbocycles. The van der Waals surface area contributed by atoms with Gasteiger partial charge in [-0.1, -0.05) is 0 Å². The number of fused-ring (bicyclic) bond motifs is 2. The third-order valence-corrected chi connectivity index (χ3v) is 12.8. The molecule has 3 aliphatic rings. The molecule has 4 bridgehead atoms. The minimum atomic E-state index is -1.66. The summed E-state index contributed by atoms with van der Waals surface area (Å²) < 4.78 is 3.69. The summed E-state index contributed by atoms with van der Waals surface area (Å²) in [6, 6.07) is 0. The summed E-state index contributed by atoms with van der Waals surface area (Å²) in [4.78, 5) is 0. The Morgan fingerprint density at radius 2 is 1.00 bits per heavy atom. The fraction of sp³-hybridized carbons (Fsp3) is 0.636. The van der Waals surface area contributed by atoms with Gasteiger partial charge in [0.2, 0.25) is 0 Å². The molecule has 0 saturated carbocycles. The summed E-state index contributed by atoms with van der Waals surface area (Å²) in [5.74, 6) is 0. The zero-order chi connectivity index (χ0) is 18.2. The molecule has 1 aliphatic heterocycles. The molecule has 2 aliphatic carbocycles. The first-order chi connectivity index (χ1) is 10.8. The van der Waals surface area contributed by atoms with E-state index >= 15 is 0 Å². The molecule has 4 heteroatoms. The fourth-order valence-corrected chi connectivity index (χ4v) is 12.7. The van der Waals surface area contributed by atoms with Crippen LogP contribution in [0.2, 0.25) is 13.1 Å². The zero-order valence-corrected chi connectivity index (χ0v) is 22.2. The van der Waals surface area contributed by atoms with E-state index in [0.29, 0.717) is 10.8 Å². The first-order valence-electron chi connectivity index (χ1n) is 9.41. The Morgan fingerprint density at radius 3 is 1.27 bits per heavy atom. The predicted octanol–water partition coefficient (Wildman–Crippen LogP) is 0.918. The van der Waals surface area contributed by atoms with Crippen LogP contribution in [-0.2, 0) is 19.2 Å². The second-order valence-corrected chi connectivity index (χ2v) is 17.0. The van der Waals surface area contributed by atoms with Crippen molar-refractivity contribution in [3.8, 4) is 0 Å². The van der Waals surface area contributed by atoms with Crippen LogP contribution in [0.3, 0.4) is 0 Å². The molecule has 144 valence electrons. The SMILES string of the molecule is CC1=[C]2CC(C(C)(C)C)=C1[Si](C)(C)C1=C(C(C)(C)C)C[C](=C1C)[Ti+2]2.[Cl-].[Cl-]. The van der Waals surface area contributed by atoms with E-state index in [9.17, 15) is 0 Å². The Kier molecular flexibility index (Phi) is 6.95. The maximum absolute atomic E-state index is 2.64. The largest absolute Gasteiger partial charge is 1.00 e. The van der Waals surface area contributed by atoms with Crippen molar-refractivity contribution in [3.05, 3.63) is 40.4 Å². The molecule has 0 amide bonds. The summed E-state index contributed by atoms with van der Waals surface area (Å²) in [6.45, 7) is 24.8. The van der Waals surface area contributed by atoms with E-state index in [4.69, 9.17) is 0 Å². The van der Waals surface area contributed by atoms with Gasteiger partial charge < -0.3 is 24.8 Å². The molecule has 0 radical (unpaired) electrons. The molecular formula is C22H34Cl2SiTi. The molecule has 0 aromatic heterocycles. The monoisotopic (exact) mass is 444 g/mol. The maximum Gasteiger partial charge on any atom is -1.00 e. The first-order valence-corrected chi connectivity index (χ1v) is 14.0. The minimum absolute atomic E-state index is 0. The van der Waals surface area contributed by atoms with Crippen LogP contribution in [0.15, 0.2) is 40.4 Å². The van der Waals surface area contributed by atoms with Crippen LogP contribution in [0.5, 0.6) is 0 Å². The zero-order valence-electron chi connectivity index (χ0n) is 18.2. The normalized spacial score (nSPS) is 21.8. The third kappa shape index (κ3) is 3.69. The molecule has 0 spiro atoms. The van der Waals surface area contributed by atoms with E-state index in [1.54, 1.807) is 22.3 Å². The van der Waals surface area contributed by atoms with E-state index in [2.05, 4.69) is 68.5 Å².